The summed E-state index contributed by atoms with van der Waals surface area (Å²) >= 11 is 2.13. The number of hydrogen-bond acceptors (Lipinski definition) is 3. The number of benzene rings is 1. The maximum Gasteiger partial charge on any atom is 0.258 e. The van der Waals surface area contributed by atoms with Crippen molar-refractivity contribution in [2.75, 3.05) is 5.32 Å². The molecule has 0 aliphatic carbocycles. The van der Waals surface area contributed by atoms with Gasteiger partial charge in [0.25, 0.3) is 5.91 Å². The van der Waals surface area contributed by atoms with Crippen molar-refractivity contribution in [1.29, 1.82) is 0 Å². The summed E-state index contributed by atoms with van der Waals surface area (Å²) in [6, 6.07) is 12.3. The van der Waals surface area contributed by atoms with Crippen LogP contribution in [0, 0.1) is 3.57 Å². The van der Waals surface area contributed by atoms with Gasteiger partial charge in [0.1, 0.15) is 5.82 Å². The lowest BCUT2D eigenvalue weighted by atomic mass is 10.1. The Bertz CT molecular complexity index is 528. The summed E-state index contributed by atoms with van der Waals surface area (Å²) < 4.78 is 0.981. The SMILES string of the molecule is O=C(Nc1ccc(I)cn1)C(O)c1ccccc1. The monoisotopic (exact) mass is 354 g/mol. The molecule has 2 aromatic rings. The van der Waals surface area contributed by atoms with Crippen LogP contribution >= 0.6 is 22.6 Å². The minimum atomic E-state index is -1.19. The average Bonchev–Trinajstić information content (AvgIpc) is 2.41. The zero-order valence-electron chi connectivity index (χ0n) is 9.38. The summed E-state index contributed by atoms with van der Waals surface area (Å²) in [6.07, 6.45) is 0.456. The summed E-state index contributed by atoms with van der Waals surface area (Å²) in [6.45, 7) is 0. The summed E-state index contributed by atoms with van der Waals surface area (Å²) in [5.74, 6) is -0.0645. The molecule has 1 unspecified atom stereocenters. The molecule has 1 atom stereocenters. The molecule has 1 heterocycles. The van der Waals surface area contributed by atoms with Crippen LogP contribution in [0.4, 0.5) is 5.82 Å². The minimum Gasteiger partial charge on any atom is -0.378 e. The molecule has 2 rings (SSSR count). The van der Waals surface area contributed by atoms with Gasteiger partial charge in [0.15, 0.2) is 6.10 Å². The Hall–Kier alpha value is -1.47. The Morgan fingerprint density at radius 1 is 1.22 bits per heavy atom. The number of aliphatic hydroxyl groups excluding tert-OH is 1. The van der Waals surface area contributed by atoms with Gasteiger partial charge in [-0.15, -0.1) is 0 Å². The van der Waals surface area contributed by atoms with Crippen molar-refractivity contribution in [3.63, 3.8) is 0 Å². The largest absolute Gasteiger partial charge is 0.378 e. The number of hydrogen-bond donors (Lipinski definition) is 2. The van der Waals surface area contributed by atoms with Crippen molar-refractivity contribution >= 4 is 34.3 Å². The van der Waals surface area contributed by atoms with Gasteiger partial charge >= 0.3 is 0 Å². The number of rotatable bonds is 3. The fourth-order valence-corrected chi connectivity index (χ4v) is 1.75. The average molecular weight is 354 g/mol. The molecule has 92 valence electrons. The molecular weight excluding hydrogens is 343 g/mol. The van der Waals surface area contributed by atoms with E-state index >= 15 is 0 Å². The van der Waals surface area contributed by atoms with Crippen LogP contribution in [0.5, 0.6) is 0 Å². The van der Waals surface area contributed by atoms with E-state index in [2.05, 4.69) is 32.9 Å². The Balaban J connectivity index is 2.06. The highest BCUT2D eigenvalue weighted by Crippen LogP contribution is 2.15. The Morgan fingerprint density at radius 3 is 2.56 bits per heavy atom. The van der Waals surface area contributed by atoms with Gasteiger partial charge in [-0.2, -0.15) is 0 Å². The lowest BCUT2D eigenvalue weighted by Crippen LogP contribution is -2.21. The molecule has 0 bridgehead atoms. The van der Waals surface area contributed by atoms with Crippen molar-refractivity contribution in [3.8, 4) is 0 Å². The third kappa shape index (κ3) is 3.27. The maximum atomic E-state index is 11.8. The first-order chi connectivity index (χ1) is 8.66. The number of halogens is 1. The number of aliphatic hydroxyl groups is 1. The van der Waals surface area contributed by atoms with Crippen LogP contribution in [0.15, 0.2) is 48.7 Å². The third-order valence-electron chi connectivity index (χ3n) is 2.34. The van der Waals surface area contributed by atoms with Crippen molar-refractivity contribution in [2.45, 2.75) is 6.10 Å². The van der Waals surface area contributed by atoms with E-state index in [0.29, 0.717) is 11.4 Å². The molecule has 1 aromatic carbocycles. The second-order valence-corrected chi connectivity index (χ2v) is 4.91. The van der Waals surface area contributed by atoms with E-state index in [1.54, 1.807) is 36.5 Å². The highest BCUT2D eigenvalue weighted by molar-refractivity contribution is 14.1. The molecule has 0 fully saturated rings. The second-order valence-electron chi connectivity index (χ2n) is 3.66. The highest BCUT2D eigenvalue weighted by Gasteiger charge is 2.17. The van der Waals surface area contributed by atoms with Gasteiger partial charge in [0.05, 0.1) is 0 Å². The number of nitrogens with zero attached hydrogens (tertiary/aromatic N) is 1. The first-order valence-electron chi connectivity index (χ1n) is 5.32. The van der Waals surface area contributed by atoms with Crippen molar-refractivity contribution in [3.05, 3.63) is 57.8 Å². The topological polar surface area (TPSA) is 62.2 Å². The quantitative estimate of drug-likeness (QED) is 0.832. The lowest BCUT2D eigenvalue weighted by Gasteiger charge is -2.10. The molecule has 0 aliphatic heterocycles. The van der Waals surface area contributed by atoms with Crippen LogP contribution in [-0.2, 0) is 4.79 Å². The Kier molecular flexibility index (Phi) is 4.27. The van der Waals surface area contributed by atoms with Gasteiger partial charge in [-0.3, -0.25) is 4.79 Å². The molecule has 0 radical (unpaired) electrons. The molecule has 18 heavy (non-hydrogen) atoms. The van der Waals surface area contributed by atoms with E-state index in [1.165, 1.54) is 0 Å². The number of aromatic nitrogens is 1. The number of amides is 1. The highest BCUT2D eigenvalue weighted by atomic mass is 127. The molecular formula is C13H11IN2O2. The number of carbonyl (C=O) groups is 1. The van der Waals surface area contributed by atoms with E-state index in [9.17, 15) is 9.90 Å². The van der Waals surface area contributed by atoms with Crippen molar-refractivity contribution in [1.82, 2.24) is 4.98 Å². The van der Waals surface area contributed by atoms with Gasteiger partial charge in [-0.25, -0.2) is 4.98 Å². The third-order valence-corrected chi connectivity index (χ3v) is 2.98. The fraction of sp³-hybridized carbons (Fsp3) is 0.0769. The van der Waals surface area contributed by atoms with Crippen LogP contribution in [0.3, 0.4) is 0 Å². The molecule has 0 saturated heterocycles. The summed E-state index contributed by atoms with van der Waals surface area (Å²) in [5, 5.41) is 12.4. The van der Waals surface area contributed by atoms with Crippen molar-refractivity contribution < 1.29 is 9.90 Å². The van der Waals surface area contributed by atoms with Gasteiger partial charge in [-0.1, -0.05) is 30.3 Å². The maximum absolute atomic E-state index is 11.8. The second kappa shape index (κ2) is 5.92. The zero-order valence-corrected chi connectivity index (χ0v) is 11.5. The molecule has 0 aliphatic rings. The first-order valence-corrected chi connectivity index (χ1v) is 6.40. The molecule has 4 nitrogen and oxygen atoms in total. The number of nitrogens with one attached hydrogen (secondary N) is 1. The van der Waals surface area contributed by atoms with Crippen LogP contribution in [0.25, 0.3) is 0 Å². The van der Waals surface area contributed by atoms with Crippen molar-refractivity contribution in [2.24, 2.45) is 0 Å². The van der Waals surface area contributed by atoms with Crippen LogP contribution in [-0.4, -0.2) is 16.0 Å². The van der Waals surface area contributed by atoms with E-state index in [4.69, 9.17) is 0 Å². The number of anilines is 1. The molecule has 0 saturated carbocycles. The Morgan fingerprint density at radius 2 is 1.94 bits per heavy atom. The van der Waals surface area contributed by atoms with E-state index in [1.807, 2.05) is 12.1 Å². The van der Waals surface area contributed by atoms with Gasteiger partial charge < -0.3 is 10.4 Å². The van der Waals surface area contributed by atoms with Gasteiger partial charge in [-0.05, 0) is 40.3 Å². The van der Waals surface area contributed by atoms with Crippen LogP contribution < -0.4 is 5.32 Å². The molecule has 1 aromatic heterocycles. The predicted molar refractivity (Wildman–Crippen MR) is 77.0 cm³/mol. The smallest absolute Gasteiger partial charge is 0.258 e. The summed E-state index contributed by atoms with van der Waals surface area (Å²) in [5.41, 5.74) is 0.556. The van der Waals surface area contributed by atoms with Gasteiger partial charge in [0, 0.05) is 9.77 Å². The van der Waals surface area contributed by atoms with Crippen LogP contribution in [0.1, 0.15) is 11.7 Å². The van der Waals surface area contributed by atoms with E-state index in [0.717, 1.165) is 3.57 Å². The summed E-state index contributed by atoms with van der Waals surface area (Å²) in [7, 11) is 0. The summed E-state index contributed by atoms with van der Waals surface area (Å²) in [4.78, 5) is 15.8. The van der Waals surface area contributed by atoms with E-state index < -0.39 is 12.0 Å². The van der Waals surface area contributed by atoms with E-state index in [-0.39, 0.29) is 0 Å². The van der Waals surface area contributed by atoms with Crippen LogP contribution in [0.2, 0.25) is 0 Å². The first kappa shape index (κ1) is 13.0. The normalized spacial score (nSPS) is 11.9. The zero-order chi connectivity index (χ0) is 13.0. The molecule has 1 amide bonds. The fourth-order valence-electron chi connectivity index (χ4n) is 1.43. The minimum absolute atomic E-state index is 0.426. The number of pyridine rings is 1. The molecule has 2 N–H and O–H groups in total. The standard InChI is InChI=1S/C13H11IN2O2/c14-10-6-7-11(15-8-10)16-13(18)12(17)9-4-2-1-3-5-9/h1-8,12,17H,(H,15,16,18). The molecule has 0 spiro atoms. The Labute approximate surface area is 118 Å². The lowest BCUT2D eigenvalue weighted by molar-refractivity contribution is -0.124. The number of carbonyl (C=O) groups excluding carboxylic acids is 1. The predicted octanol–water partition coefficient (Wildman–Crippen LogP) is 2.36. The molecule has 5 heteroatoms. The van der Waals surface area contributed by atoms with Gasteiger partial charge in [0.2, 0.25) is 0 Å².